The van der Waals surface area contributed by atoms with E-state index in [1.54, 1.807) is 7.11 Å². The highest BCUT2D eigenvalue weighted by Crippen LogP contribution is 2.04. The molecule has 5 nitrogen and oxygen atoms in total. The van der Waals surface area contributed by atoms with Crippen LogP contribution in [0, 0.1) is 0 Å². The number of carbonyl (C=O) groups is 1. The van der Waals surface area contributed by atoms with Crippen molar-refractivity contribution in [3.8, 4) is 0 Å². The topological polar surface area (TPSA) is 59.6 Å². The smallest absolute Gasteiger partial charge is 0.246 e. The molecular formula is C11H22N2O3. The highest BCUT2D eigenvalue weighted by Gasteiger charge is 2.14. The Bertz CT molecular complexity index is 194. The summed E-state index contributed by atoms with van der Waals surface area (Å²) in [6.07, 6.45) is 3.19. The first-order valence-electron chi connectivity index (χ1n) is 5.89. The molecule has 0 aliphatic carbocycles. The Morgan fingerprint density at radius 3 is 3.12 bits per heavy atom. The maximum atomic E-state index is 11.3. The summed E-state index contributed by atoms with van der Waals surface area (Å²) < 4.78 is 10.2. The molecule has 2 N–H and O–H groups in total. The second-order valence-corrected chi connectivity index (χ2v) is 4.00. The number of nitrogens with one attached hydrogen (secondary N) is 2. The molecule has 1 fully saturated rings. The number of ether oxygens (including phenoxy) is 2. The average molecular weight is 230 g/mol. The minimum absolute atomic E-state index is 0.0471. The van der Waals surface area contributed by atoms with Gasteiger partial charge in [0.25, 0.3) is 0 Å². The van der Waals surface area contributed by atoms with Crippen molar-refractivity contribution < 1.29 is 14.3 Å². The monoisotopic (exact) mass is 230 g/mol. The van der Waals surface area contributed by atoms with Gasteiger partial charge in [-0.05, 0) is 25.8 Å². The van der Waals surface area contributed by atoms with Gasteiger partial charge >= 0.3 is 0 Å². The van der Waals surface area contributed by atoms with Gasteiger partial charge in [0.1, 0.15) is 6.61 Å². The molecule has 0 bridgehead atoms. The predicted octanol–water partition coefficient (Wildman–Crippen LogP) is -0.0923. The molecule has 16 heavy (non-hydrogen) atoms. The summed E-state index contributed by atoms with van der Waals surface area (Å²) in [5.41, 5.74) is 0. The largest absolute Gasteiger partial charge is 0.385 e. The van der Waals surface area contributed by atoms with Gasteiger partial charge in [0, 0.05) is 26.3 Å². The molecule has 1 aliphatic heterocycles. The van der Waals surface area contributed by atoms with E-state index < -0.39 is 0 Å². The molecule has 0 radical (unpaired) electrons. The maximum absolute atomic E-state index is 11.3. The predicted molar refractivity (Wildman–Crippen MR) is 61.3 cm³/mol. The zero-order valence-electron chi connectivity index (χ0n) is 9.96. The number of hydrogen-bond acceptors (Lipinski definition) is 4. The molecule has 5 heteroatoms. The zero-order valence-corrected chi connectivity index (χ0v) is 9.96. The van der Waals surface area contributed by atoms with Crippen LogP contribution in [-0.4, -0.2) is 52.0 Å². The molecule has 1 amide bonds. The van der Waals surface area contributed by atoms with Crippen LogP contribution >= 0.6 is 0 Å². The SMILES string of the molecule is COCCCNC(=O)COCC1CCCN1. The Morgan fingerprint density at radius 1 is 1.56 bits per heavy atom. The highest BCUT2D eigenvalue weighted by molar-refractivity contribution is 5.77. The van der Waals surface area contributed by atoms with Crippen LogP contribution in [-0.2, 0) is 14.3 Å². The van der Waals surface area contributed by atoms with Crippen molar-refractivity contribution in [3.05, 3.63) is 0 Å². The average Bonchev–Trinajstić information content (AvgIpc) is 2.77. The second kappa shape index (κ2) is 8.50. The molecule has 0 aromatic rings. The fraction of sp³-hybridized carbons (Fsp3) is 0.909. The molecule has 1 atom stereocenters. The van der Waals surface area contributed by atoms with E-state index in [0.29, 0.717) is 25.8 Å². The van der Waals surface area contributed by atoms with Crippen LogP contribution in [0.15, 0.2) is 0 Å². The van der Waals surface area contributed by atoms with E-state index in [1.807, 2.05) is 0 Å². The molecule has 1 aliphatic rings. The van der Waals surface area contributed by atoms with E-state index in [0.717, 1.165) is 19.4 Å². The zero-order chi connectivity index (χ0) is 11.6. The van der Waals surface area contributed by atoms with E-state index in [4.69, 9.17) is 9.47 Å². The van der Waals surface area contributed by atoms with E-state index in [9.17, 15) is 4.79 Å². The maximum Gasteiger partial charge on any atom is 0.246 e. The molecule has 1 rings (SSSR count). The third kappa shape index (κ3) is 6.05. The number of hydrogen-bond donors (Lipinski definition) is 2. The van der Waals surface area contributed by atoms with Gasteiger partial charge in [0.15, 0.2) is 0 Å². The van der Waals surface area contributed by atoms with Gasteiger partial charge in [0.2, 0.25) is 5.91 Å². The Morgan fingerprint density at radius 2 is 2.44 bits per heavy atom. The van der Waals surface area contributed by atoms with Gasteiger partial charge in [-0.15, -0.1) is 0 Å². The van der Waals surface area contributed by atoms with Crippen LogP contribution in [0.3, 0.4) is 0 Å². The summed E-state index contributed by atoms with van der Waals surface area (Å²) in [4.78, 5) is 11.3. The Kier molecular flexibility index (Phi) is 7.12. The summed E-state index contributed by atoms with van der Waals surface area (Å²) in [6.45, 7) is 3.18. The lowest BCUT2D eigenvalue weighted by molar-refractivity contribution is -0.125. The van der Waals surface area contributed by atoms with E-state index in [-0.39, 0.29) is 12.5 Å². The summed E-state index contributed by atoms with van der Waals surface area (Å²) in [5, 5.41) is 6.10. The van der Waals surface area contributed by atoms with Crippen molar-refractivity contribution in [2.24, 2.45) is 0 Å². The number of methoxy groups -OCH3 is 1. The Labute approximate surface area is 96.9 Å². The van der Waals surface area contributed by atoms with Crippen molar-refractivity contribution in [1.29, 1.82) is 0 Å². The van der Waals surface area contributed by atoms with Crippen molar-refractivity contribution in [1.82, 2.24) is 10.6 Å². The third-order valence-corrected chi connectivity index (χ3v) is 2.56. The lowest BCUT2D eigenvalue weighted by Crippen LogP contribution is -2.32. The van der Waals surface area contributed by atoms with Gasteiger partial charge in [-0.3, -0.25) is 4.79 Å². The van der Waals surface area contributed by atoms with E-state index in [1.165, 1.54) is 6.42 Å². The molecule has 0 aromatic carbocycles. The number of rotatable bonds is 8. The molecule has 94 valence electrons. The van der Waals surface area contributed by atoms with Crippen molar-refractivity contribution >= 4 is 5.91 Å². The first-order chi connectivity index (χ1) is 7.83. The van der Waals surface area contributed by atoms with Crippen LogP contribution in [0.1, 0.15) is 19.3 Å². The van der Waals surface area contributed by atoms with E-state index in [2.05, 4.69) is 10.6 Å². The number of carbonyl (C=O) groups excluding carboxylic acids is 1. The highest BCUT2D eigenvalue weighted by atomic mass is 16.5. The van der Waals surface area contributed by atoms with Crippen LogP contribution < -0.4 is 10.6 Å². The van der Waals surface area contributed by atoms with Gasteiger partial charge < -0.3 is 20.1 Å². The quantitative estimate of drug-likeness (QED) is 0.572. The lowest BCUT2D eigenvalue weighted by atomic mass is 10.2. The van der Waals surface area contributed by atoms with Gasteiger partial charge in [-0.1, -0.05) is 0 Å². The first kappa shape index (κ1) is 13.4. The summed E-state index contributed by atoms with van der Waals surface area (Å²) >= 11 is 0. The van der Waals surface area contributed by atoms with Crippen molar-refractivity contribution in [2.45, 2.75) is 25.3 Å². The molecule has 0 saturated carbocycles. The van der Waals surface area contributed by atoms with Gasteiger partial charge in [-0.2, -0.15) is 0 Å². The fourth-order valence-corrected chi connectivity index (χ4v) is 1.69. The first-order valence-corrected chi connectivity index (χ1v) is 5.89. The molecule has 0 spiro atoms. The molecule has 1 saturated heterocycles. The van der Waals surface area contributed by atoms with Crippen LogP contribution in [0.4, 0.5) is 0 Å². The summed E-state index contributed by atoms with van der Waals surface area (Å²) in [6, 6.07) is 0.432. The van der Waals surface area contributed by atoms with Crippen LogP contribution in [0.5, 0.6) is 0 Å². The molecule has 0 aromatic heterocycles. The van der Waals surface area contributed by atoms with Crippen LogP contribution in [0.2, 0.25) is 0 Å². The fourth-order valence-electron chi connectivity index (χ4n) is 1.69. The Hall–Kier alpha value is -0.650. The minimum Gasteiger partial charge on any atom is -0.385 e. The molecular weight excluding hydrogens is 208 g/mol. The van der Waals surface area contributed by atoms with Crippen molar-refractivity contribution in [3.63, 3.8) is 0 Å². The number of amides is 1. The summed E-state index contributed by atoms with van der Waals surface area (Å²) in [5.74, 6) is -0.0471. The van der Waals surface area contributed by atoms with Crippen molar-refractivity contribution in [2.75, 3.05) is 40.0 Å². The van der Waals surface area contributed by atoms with Gasteiger partial charge in [-0.25, -0.2) is 0 Å². The molecule has 1 unspecified atom stereocenters. The second-order valence-electron chi connectivity index (χ2n) is 4.00. The van der Waals surface area contributed by atoms with Crippen LogP contribution in [0.25, 0.3) is 0 Å². The molecule has 1 heterocycles. The lowest BCUT2D eigenvalue weighted by Gasteiger charge is -2.10. The summed E-state index contributed by atoms with van der Waals surface area (Å²) in [7, 11) is 1.65. The van der Waals surface area contributed by atoms with Gasteiger partial charge in [0.05, 0.1) is 6.61 Å². The van der Waals surface area contributed by atoms with E-state index >= 15 is 0 Å². The Balaban J connectivity index is 1.89. The standard InChI is InChI=1S/C11H22N2O3/c1-15-7-3-6-13-11(14)9-16-8-10-4-2-5-12-10/h10,12H,2-9H2,1H3,(H,13,14). The normalized spacial score (nSPS) is 19.9. The third-order valence-electron chi connectivity index (χ3n) is 2.56. The minimum atomic E-state index is -0.0471.